The molecule has 42 heavy (non-hydrogen) atoms. The summed E-state index contributed by atoms with van der Waals surface area (Å²) in [6, 6.07) is 13.7. The van der Waals surface area contributed by atoms with Crippen LogP contribution in [0.2, 0.25) is 0 Å². The zero-order valence-electron chi connectivity index (χ0n) is 23.5. The third-order valence-corrected chi connectivity index (χ3v) is 8.88. The number of aromatic nitrogens is 5. The first-order chi connectivity index (χ1) is 20.3. The van der Waals surface area contributed by atoms with Crippen molar-refractivity contribution in [2.24, 2.45) is 18.9 Å². The Kier molecular flexibility index (Phi) is 7.49. The van der Waals surface area contributed by atoms with Crippen LogP contribution in [0, 0.1) is 23.2 Å². The minimum Gasteiger partial charge on any atom is -0.360 e. The van der Waals surface area contributed by atoms with E-state index < -0.39 is 5.92 Å². The van der Waals surface area contributed by atoms with E-state index in [0.717, 1.165) is 35.3 Å². The van der Waals surface area contributed by atoms with Gasteiger partial charge in [-0.25, -0.2) is 13.8 Å². The van der Waals surface area contributed by atoms with Gasteiger partial charge in [-0.2, -0.15) is 5.26 Å². The highest BCUT2D eigenvalue weighted by Crippen LogP contribution is 2.53. The van der Waals surface area contributed by atoms with Gasteiger partial charge in [-0.15, -0.1) is 10.2 Å². The summed E-state index contributed by atoms with van der Waals surface area (Å²) in [5.74, 6) is -1.51. The fourth-order valence-electron chi connectivity index (χ4n) is 6.63. The van der Waals surface area contributed by atoms with E-state index in [0.29, 0.717) is 49.2 Å². The number of aryl methyl sites for hydroxylation is 1. The van der Waals surface area contributed by atoms with Gasteiger partial charge in [-0.05, 0) is 79.5 Å². The van der Waals surface area contributed by atoms with E-state index in [1.165, 1.54) is 0 Å². The van der Waals surface area contributed by atoms with Crippen molar-refractivity contribution in [2.45, 2.75) is 62.8 Å². The minimum absolute atomic E-state index is 0.0544. The Morgan fingerprint density at radius 3 is 2.74 bits per heavy atom. The molecule has 3 aromatic heterocycles. The molecule has 1 aromatic carbocycles. The van der Waals surface area contributed by atoms with Gasteiger partial charge in [0, 0.05) is 44.7 Å². The average molecular weight is 573 g/mol. The lowest BCUT2D eigenvalue weighted by molar-refractivity contribution is -0.0455. The Hall–Kier alpha value is -4.17. The molecule has 0 saturated heterocycles. The van der Waals surface area contributed by atoms with E-state index in [1.807, 2.05) is 41.9 Å². The SMILES string of the molecule is Cn1cnnc1C1(c2cccc(NC(=O)c3cc(CNCC4CCC(F)(F)CC4)c4[nH]ccc4n3)c2)CC(CC#N)C1. The fourth-order valence-corrected chi connectivity index (χ4v) is 6.63. The number of pyridine rings is 1. The second kappa shape index (κ2) is 11.2. The normalized spacial score (nSPS) is 22.0. The first kappa shape index (κ1) is 28.0. The molecule has 218 valence electrons. The number of nitriles is 1. The van der Waals surface area contributed by atoms with Gasteiger partial charge in [0.05, 0.1) is 22.5 Å². The Labute approximate surface area is 242 Å². The molecule has 2 aliphatic carbocycles. The lowest BCUT2D eigenvalue weighted by Gasteiger charge is -2.46. The zero-order valence-corrected chi connectivity index (χ0v) is 23.5. The quantitative estimate of drug-likeness (QED) is 0.244. The predicted molar refractivity (Wildman–Crippen MR) is 154 cm³/mol. The van der Waals surface area contributed by atoms with Crippen molar-refractivity contribution in [3.8, 4) is 6.07 Å². The summed E-state index contributed by atoms with van der Waals surface area (Å²) in [5.41, 5.74) is 4.01. The summed E-state index contributed by atoms with van der Waals surface area (Å²) in [6.45, 7) is 1.14. The maximum Gasteiger partial charge on any atom is 0.274 e. The van der Waals surface area contributed by atoms with Crippen LogP contribution in [-0.4, -0.2) is 43.1 Å². The highest BCUT2D eigenvalue weighted by molar-refractivity contribution is 6.04. The Bertz CT molecular complexity index is 1620. The molecule has 9 nitrogen and oxygen atoms in total. The third kappa shape index (κ3) is 5.51. The van der Waals surface area contributed by atoms with Crippen LogP contribution in [0.15, 0.2) is 48.9 Å². The van der Waals surface area contributed by atoms with Gasteiger partial charge in [0.2, 0.25) is 5.92 Å². The Morgan fingerprint density at radius 2 is 2.00 bits per heavy atom. The van der Waals surface area contributed by atoms with Crippen LogP contribution in [0.5, 0.6) is 0 Å². The molecule has 2 fully saturated rings. The highest BCUT2D eigenvalue weighted by atomic mass is 19.3. The average Bonchev–Trinajstić information content (AvgIpc) is 3.61. The summed E-state index contributed by atoms with van der Waals surface area (Å²) >= 11 is 0. The maximum absolute atomic E-state index is 13.5. The van der Waals surface area contributed by atoms with Gasteiger partial charge < -0.3 is 20.2 Å². The van der Waals surface area contributed by atoms with E-state index >= 15 is 0 Å². The maximum atomic E-state index is 13.5. The number of halogens is 2. The zero-order chi connectivity index (χ0) is 29.3. The number of alkyl halides is 2. The topological polar surface area (TPSA) is 124 Å². The standard InChI is InChI=1S/C31H34F2N8O/c1-41-19-37-40-29(41)30(15-21(16-30)7-11-34)23-3-2-4-24(14-23)38-28(42)26-13-22(27-25(39-26)8-12-36-27)18-35-17-20-5-9-31(32,33)10-6-20/h2-4,8,12-14,19-21,35-36H,5-7,9-10,15-18H2,1H3,(H,38,42). The van der Waals surface area contributed by atoms with Crippen LogP contribution in [0.1, 0.15) is 72.4 Å². The number of fused-ring (bicyclic) bond motifs is 1. The molecule has 2 aliphatic rings. The molecule has 0 bridgehead atoms. The van der Waals surface area contributed by atoms with Crippen molar-refractivity contribution in [3.63, 3.8) is 0 Å². The molecule has 4 aromatic rings. The number of H-pyrrole nitrogens is 1. The molecule has 2 saturated carbocycles. The van der Waals surface area contributed by atoms with Crippen LogP contribution in [0.25, 0.3) is 11.0 Å². The van der Waals surface area contributed by atoms with Crippen LogP contribution in [-0.2, 0) is 19.0 Å². The van der Waals surface area contributed by atoms with Crippen molar-refractivity contribution in [3.05, 3.63) is 71.6 Å². The van der Waals surface area contributed by atoms with Gasteiger partial charge in [-0.1, -0.05) is 12.1 Å². The molecule has 11 heteroatoms. The van der Waals surface area contributed by atoms with Crippen molar-refractivity contribution in [1.82, 2.24) is 30.0 Å². The van der Waals surface area contributed by atoms with E-state index in [1.54, 1.807) is 18.6 Å². The van der Waals surface area contributed by atoms with Crippen LogP contribution < -0.4 is 10.6 Å². The number of rotatable bonds is 9. The molecular formula is C31H34F2N8O. The first-order valence-corrected chi connectivity index (χ1v) is 14.5. The van der Waals surface area contributed by atoms with Crippen molar-refractivity contribution in [2.75, 3.05) is 11.9 Å². The van der Waals surface area contributed by atoms with Gasteiger partial charge in [0.1, 0.15) is 17.8 Å². The lowest BCUT2D eigenvalue weighted by Crippen LogP contribution is -2.44. The minimum atomic E-state index is -2.53. The van der Waals surface area contributed by atoms with Gasteiger partial charge in [-0.3, -0.25) is 4.79 Å². The second-order valence-electron chi connectivity index (χ2n) is 11.9. The molecular weight excluding hydrogens is 538 g/mol. The third-order valence-electron chi connectivity index (χ3n) is 8.88. The molecule has 0 aliphatic heterocycles. The van der Waals surface area contributed by atoms with Crippen molar-refractivity contribution in [1.29, 1.82) is 5.26 Å². The van der Waals surface area contributed by atoms with Gasteiger partial charge in [0.15, 0.2) is 0 Å². The number of benzene rings is 1. The number of hydrogen-bond acceptors (Lipinski definition) is 6. The van der Waals surface area contributed by atoms with Crippen LogP contribution in [0.4, 0.5) is 14.5 Å². The van der Waals surface area contributed by atoms with E-state index in [9.17, 15) is 18.8 Å². The van der Waals surface area contributed by atoms with E-state index in [4.69, 9.17) is 0 Å². The summed E-state index contributed by atoms with van der Waals surface area (Å²) < 4.78 is 29.0. The summed E-state index contributed by atoms with van der Waals surface area (Å²) in [4.78, 5) is 21.2. The number of carbonyl (C=O) groups is 1. The number of anilines is 1. The summed E-state index contributed by atoms with van der Waals surface area (Å²) in [7, 11) is 1.92. The van der Waals surface area contributed by atoms with E-state index in [2.05, 4.69) is 36.9 Å². The van der Waals surface area contributed by atoms with Crippen molar-refractivity contribution >= 4 is 22.6 Å². The van der Waals surface area contributed by atoms with Crippen LogP contribution >= 0.6 is 0 Å². The summed E-state index contributed by atoms with van der Waals surface area (Å²) in [6.07, 6.45) is 6.46. The predicted octanol–water partition coefficient (Wildman–Crippen LogP) is 5.47. The first-order valence-electron chi connectivity index (χ1n) is 14.5. The molecule has 0 spiro atoms. The monoisotopic (exact) mass is 572 g/mol. The smallest absolute Gasteiger partial charge is 0.274 e. The van der Waals surface area contributed by atoms with E-state index in [-0.39, 0.29) is 36.0 Å². The van der Waals surface area contributed by atoms with Gasteiger partial charge >= 0.3 is 0 Å². The second-order valence-corrected chi connectivity index (χ2v) is 11.9. The van der Waals surface area contributed by atoms with Gasteiger partial charge in [0.25, 0.3) is 5.91 Å². The Balaban J connectivity index is 1.18. The number of nitrogens with zero attached hydrogens (tertiary/aromatic N) is 5. The number of nitrogens with one attached hydrogen (secondary N) is 3. The molecule has 0 radical (unpaired) electrons. The molecule has 6 rings (SSSR count). The fraction of sp³-hybridized carbons (Fsp3) is 0.452. The largest absolute Gasteiger partial charge is 0.360 e. The molecule has 1 amide bonds. The number of carbonyl (C=O) groups excluding carboxylic acids is 1. The highest BCUT2D eigenvalue weighted by Gasteiger charge is 2.49. The molecule has 3 N–H and O–H groups in total. The Morgan fingerprint density at radius 1 is 1.19 bits per heavy atom. The number of aromatic amines is 1. The lowest BCUT2D eigenvalue weighted by atomic mass is 9.57. The molecule has 0 unspecified atom stereocenters. The number of amides is 1. The summed E-state index contributed by atoms with van der Waals surface area (Å²) in [5, 5.41) is 24.1. The van der Waals surface area contributed by atoms with Crippen molar-refractivity contribution < 1.29 is 13.6 Å². The number of hydrogen-bond donors (Lipinski definition) is 3. The van der Waals surface area contributed by atoms with Crippen LogP contribution in [0.3, 0.4) is 0 Å². The molecule has 0 atom stereocenters. The molecule has 3 heterocycles.